The van der Waals surface area contributed by atoms with Gasteiger partial charge in [-0.1, -0.05) is 5.16 Å². The third-order valence-electron chi connectivity index (χ3n) is 1.62. The first-order chi connectivity index (χ1) is 7.20. The van der Waals surface area contributed by atoms with Crippen LogP contribution in [0, 0.1) is 12.7 Å². The Morgan fingerprint density at radius 3 is 2.80 bits per heavy atom. The Balaban J connectivity index is 2.45. The molecule has 6 nitrogen and oxygen atoms in total. The predicted octanol–water partition coefficient (Wildman–Crippen LogP) is 0.983. The van der Waals surface area contributed by atoms with Gasteiger partial charge in [0.05, 0.1) is 13.3 Å². The average Bonchev–Trinajstić information content (AvgIpc) is 2.66. The van der Waals surface area contributed by atoms with Crippen molar-refractivity contribution in [1.29, 1.82) is 0 Å². The summed E-state index contributed by atoms with van der Waals surface area (Å²) in [5.41, 5.74) is 0. The van der Waals surface area contributed by atoms with Crippen LogP contribution >= 0.6 is 0 Å². The fourth-order valence-electron chi connectivity index (χ4n) is 0.986. The molecule has 0 bridgehead atoms. The highest BCUT2D eigenvalue weighted by atomic mass is 19.1. The highest BCUT2D eigenvalue weighted by Gasteiger charge is 2.13. The molecule has 15 heavy (non-hydrogen) atoms. The third-order valence-corrected chi connectivity index (χ3v) is 1.62. The summed E-state index contributed by atoms with van der Waals surface area (Å²) < 4.78 is 22.5. The van der Waals surface area contributed by atoms with Crippen LogP contribution in [0.5, 0.6) is 5.88 Å². The van der Waals surface area contributed by atoms with Crippen LogP contribution < -0.4 is 4.74 Å². The summed E-state index contributed by atoms with van der Waals surface area (Å²) >= 11 is 0. The smallest absolute Gasteiger partial charge is 0.295 e. The minimum Gasteiger partial charge on any atom is -0.479 e. The Kier molecular flexibility index (Phi) is 2.28. The Bertz CT molecular complexity index is 485. The second kappa shape index (κ2) is 3.60. The van der Waals surface area contributed by atoms with E-state index < -0.39 is 5.82 Å². The maximum atomic E-state index is 13.0. The van der Waals surface area contributed by atoms with Crippen molar-refractivity contribution in [2.45, 2.75) is 6.92 Å². The molecule has 0 fully saturated rings. The minimum absolute atomic E-state index is 0.130. The molecule has 0 aliphatic heterocycles. The average molecular weight is 210 g/mol. The van der Waals surface area contributed by atoms with Gasteiger partial charge in [-0.15, -0.1) is 0 Å². The number of halogens is 1. The maximum absolute atomic E-state index is 13.0. The van der Waals surface area contributed by atoms with Gasteiger partial charge in [-0.25, -0.2) is 4.98 Å². The van der Waals surface area contributed by atoms with Crippen LogP contribution in [0.25, 0.3) is 11.7 Å². The van der Waals surface area contributed by atoms with Gasteiger partial charge in [0.25, 0.3) is 11.8 Å². The van der Waals surface area contributed by atoms with Gasteiger partial charge in [-0.05, 0) is 6.92 Å². The highest BCUT2D eigenvalue weighted by Crippen LogP contribution is 2.17. The zero-order valence-corrected chi connectivity index (χ0v) is 8.06. The lowest BCUT2D eigenvalue weighted by Gasteiger charge is -1.99. The van der Waals surface area contributed by atoms with Gasteiger partial charge < -0.3 is 9.26 Å². The van der Waals surface area contributed by atoms with Crippen molar-refractivity contribution < 1.29 is 13.7 Å². The second-order valence-corrected chi connectivity index (χ2v) is 2.70. The third kappa shape index (κ3) is 1.76. The Morgan fingerprint density at radius 2 is 2.20 bits per heavy atom. The van der Waals surface area contributed by atoms with E-state index in [4.69, 9.17) is 9.26 Å². The number of hydrogen-bond acceptors (Lipinski definition) is 6. The highest BCUT2D eigenvalue weighted by molar-refractivity contribution is 5.40. The number of aromatic nitrogens is 4. The number of methoxy groups -OCH3 is 1. The van der Waals surface area contributed by atoms with Gasteiger partial charge >= 0.3 is 0 Å². The molecule has 2 aromatic rings. The van der Waals surface area contributed by atoms with E-state index in [1.165, 1.54) is 7.11 Å². The van der Waals surface area contributed by atoms with Gasteiger partial charge in [0.2, 0.25) is 11.6 Å². The first kappa shape index (κ1) is 9.50. The largest absolute Gasteiger partial charge is 0.479 e. The Hall–Kier alpha value is -2.05. The lowest BCUT2D eigenvalue weighted by molar-refractivity contribution is 0.365. The van der Waals surface area contributed by atoms with Gasteiger partial charge in [-0.3, -0.25) is 0 Å². The summed E-state index contributed by atoms with van der Waals surface area (Å²) in [7, 11) is 1.31. The first-order valence-electron chi connectivity index (χ1n) is 4.08. The number of rotatable bonds is 2. The summed E-state index contributed by atoms with van der Waals surface area (Å²) in [5, 5.41) is 3.57. The van der Waals surface area contributed by atoms with E-state index in [-0.39, 0.29) is 17.6 Å². The summed E-state index contributed by atoms with van der Waals surface area (Å²) in [6.07, 6.45) is 0.987. The van der Waals surface area contributed by atoms with E-state index in [0.29, 0.717) is 5.82 Å². The summed E-state index contributed by atoms with van der Waals surface area (Å²) in [6, 6.07) is 0. The molecule has 0 spiro atoms. The van der Waals surface area contributed by atoms with Crippen molar-refractivity contribution in [3.63, 3.8) is 0 Å². The molecule has 2 aromatic heterocycles. The molecule has 7 heteroatoms. The van der Waals surface area contributed by atoms with Crippen molar-refractivity contribution in [2.24, 2.45) is 0 Å². The SMILES string of the molecule is COc1nc(-c2nc(C)no2)ncc1F. The van der Waals surface area contributed by atoms with Crippen molar-refractivity contribution in [2.75, 3.05) is 7.11 Å². The van der Waals surface area contributed by atoms with Crippen LogP contribution in [-0.4, -0.2) is 27.2 Å². The molecular formula is C8H7FN4O2. The molecule has 0 aromatic carbocycles. The second-order valence-electron chi connectivity index (χ2n) is 2.70. The molecule has 0 amide bonds. The Morgan fingerprint density at radius 1 is 1.40 bits per heavy atom. The maximum Gasteiger partial charge on any atom is 0.295 e. The van der Waals surface area contributed by atoms with Crippen LogP contribution in [0.15, 0.2) is 10.7 Å². The summed E-state index contributed by atoms with van der Waals surface area (Å²) in [5.74, 6) is -0.0788. The molecule has 78 valence electrons. The molecule has 0 atom stereocenters. The molecule has 2 rings (SSSR count). The molecule has 0 aliphatic rings. The van der Waals surface area contributed by atoms with Crippen molar-refractivity contribution in [3.8, 4) is 17.6 Å². The monoisotopic (exact) mass is 210 g/mol. The van der Waals surface area contributed by atoms with Crippen LogP contribution in [0.4, 0.5) is 4.39 Å². The fourth-order valence-corrected chi connectivity index (χ4v) is 0.986. The van der Waals surface area contributed by atoms with Gasteiger partial charge in [0.15, 0.2) is 5.82 Å². The lowest BCUT2D eigenvalue weighted by Crippen LogP contribution is -1.97. The lowest BCUT2D eigenvalue weighted by atomic mass is 10.5. The van der Waals surface area contributed by atoms with Crippen LogP contribution in [0.3, 0.4) is 0 Å². The standard InChI is InChI=1S/C8H7FN4O2/c1-4-11-8(15-13-4)6-10-3-5(9)7(12-6)14-2/h3H,1-2H3. The molecule has 0 unspecified atom stereocenters. The van der Waals surface area contributed by atoms with Crippen molar-refractivity contribution in [3.05, 3.63) is 17.8 Å². The van der Waals surface area contributed by atoms with Crippen LogP contribution in [-0.2, 0) is 0 Å². The summed E-state index contributed by atoms with van der Waals surface area (Å²) in [6.45, 7) is 1.66. The topological polar surface area (TPSA) is 73.9 Å². The van der Waals surface area contributed by atoms with Crippen molar-refractivity contribution >= 4 is 0 Å². The zero-order chi connectivity index (χ0) is 10.8. The van der Waals surface area contributed by atoms with Crippen LogP contribution in [0.1, 0.15) is 5.82 Å². The van der Waals surface area contributed by atoms with E-state index in [0.717, 1.165) is 6.20 Å². The normalized spacial score (nSPS) is 10.3. The van der Waals surface area contributed by atoms with E-state index in [2.05, 4.69) is 20.1 Å². The van der Waals surface area contributed by atoms with Gasteiger partial charge in [-0.2, -0.15) is 14.4 Å². The molecule has 0 saturated heterocycles. The van der Waals surface area contributed by atoms with E-state index in [9.17, 15) is 4.39 Å². The van der Waals surface area contributed by atoms with Crippen LogP contribution in [0.2, 0.25) is 0 Å². The van der Waals surface area contributed by atoms with E-state index in [1.807, 2.05) is 0 Å². The number of nitrogens with zero attached hydrogens (tertiary/aromatic N) is 4. The van der Waals surface area contributed by atoms with E-state index >= 15 is 0 Å². The zero-order valence-electron chi connectivity index (χ0n) is 8.06. The number of ether oxygens (including phenoxy) is 1. The molecule has 0 radical (unpaired) electrons. The fraction of sp³-hybridized carbons (Fsp3) is 0.250. The summed E-state index contributed by atoms with van der Waals surface area (Å²) in [4.78, 5) is 11.4. The molecular weight excluding hydrogens is 203 g/mol. The molecule has 0 saturated carbocycles. The van der Waals surface area contributed by atoms with Gasteiger partial charge in [0.1, 0.15) is 0 Å². The Labute approximate surface area is 84.1 Å². The van der Waals surface area contributed by atoms with Crippen molar-refractivity contribution in [1.82, 2.24) is 20.1 Å². The van der Waals surface area contributed by atoms with Gasteiger partial charge in [0, 0.05) is 0 Å². The molecule has 0 aliphatic carbocycles. The first-order valence-corrected chi connectivity index (χ1v) is 4.08. The number of aryl methyl sites for hydroxylation is 1. The predicted molar refractivity (Wildman–Crippen MR) is 46.6 cm³/mol. The minimum atomic E-state index is -0.641. The number of hydrogen-bond donors (Lipinski definition) is 0. The molecule has 0 N–H and O–H groups in total. The quantitative estimate of drug-likeness (QED) is 0.735. The van der Waals surface area contributed by atoms with E-state index in [1.54, 1.807) is 6.92 Å². The molecule has 2 heterocycles.